The SMILES string of the molecule is COC(=O)c1ccc(S(=O)(=O)N2CCCC2C(=O)N2CCOCC2)c(Cl)c1. The van der Waals surface area contributed by atoms with Crippen LogP contribution >= 0.6 is 11.6 Å². The van der Waals surface area contributed by atoms with Crippen LogP contribution in [-0.2, 0) is 24.3 Å². The van der Waals surface area contributed by atoms with E-state index >= 15 is 0 Å². The second-order valence-electron chi connectivity index (χ2n) is 6.35. The van der Waals surface area contributed by atoms with Crippen LogP contribution in [-0.4, -0.2) is 75.5 Å². The number of hydrogen-bond donors (Lipinski definition) is 0. The van der Waals surface area contributed by atoms with Crippen LogP contribution in [0.3, 0.4) is 0 Å². The number of methoxy groups -OCH3 is 1. The molecule has 1 aromatic rings. The summed E-state index contributed by atoms with van der Waals surface area (Å²) in [4.78, 5) is 25.9. The number of amides is 1. The minimum Gasteiger partial charge on any atom is -0.465 e. The first-order valence-electron chi connectivity index (χ1n) is 8.62. The Labute approximate surface area is 163 Å². The van der Waals surface area contributed by atoms with Gasteiger partial charge in [0.1, 0.15) is 10.9 Å². The van der Waals surface area contributed by atoms with Gasteiger partial charge >= 0.3 is 5.97 Å². The average molecular weight is 417 g/mol. The first kappa shape index (κ1) is 20.1. The molecule has 27 heavy (non-hydrogen) atoms. The van der Waals surface area contributed by atoms with Crippen molar-refractivity contribution in [2.75, 3.05) is 40.0 Å². The lowest BCUT2D eigenvalue weighted by molar-refractivity contribution is -0.138. The Kier molecular flexibility index (Phi) is 6.05. The highest BCUT2D eigenvalue weighted by Gasteiger charge is 2.42. The van der Waals surface area contributed by atoms with E-state index in [9.17, 15) is 18.0 Å². The van der Waals surface area contributed by atoms with Crippen molar-refractivity contribution in [1.82, 2.24) is 9.21 Å². The molecule has 0 aromatic heterocycles. The van der Waals surface area contributed by atoms with Gasteiger partial charge in [0.2, 0.25) is 15.9 Å². The fourth-order valence-corrected chi connectivity index (χ4v) is 5.52. The van der Waals surface area contributed by atoms with E-state index in [0.717, 1.165) is 0 Å². The maximum absolute atomic E-state index is 13.1. The second-order valence-corrected chi connectivity index (χ2v) is 8.61. The van der Waals surface area contributed by atoms with Crippen molar-refractivity contribution in [3.63, 3.8) is 0 Å². The van der Waals surface area contributed by atoms with E-state index in [1.54, 1.807) is 4.90 Å². The molecule has 2 saturated heterocycles. The molecule has 1 aromatic carbocycles. The lowest BCUT2D eigenvalue weighted by Gasteiger charge is -2.32. The normalized spacial score (nSPS) is 21.3. The summed E-state index contributed by atoms with van der Waals surface area (Å²) in [5.41, 5.74) is 0.156. The standard InChI is InChI=1S/C17H21ClN2O6S/c1-25-17(22)12-4-5-15(13(18)11-12)27(23,24)20-6-2-3-14(20)16(21)19-7-9-26-10-8-19/h4-5,11,14H,2-3,6-10H2,1H3. The zero-order valence-corrected chi connectivity index (χ0v) is 16.5. The lowest BCUT2D eigenvalue weighted by Crippen LogP contribution is -2.51. The number of sulfonamides is 1. The molecule has 0 aliphatic carbocycles. The van der Waals surface area contributed by atoms with Gasteiger partial charge in [-0.2, -0.15) is 4.31 Å². The van der Waals surface area contributed by atoms with Gasteiger partial charge in [0.15, 0.2) is 0 Å². The van der Waals surface area contributed by atoms with Gasteiger partial charge in [-0.25, -0.2) is 13.2 Å². The van der Waals surface area contributed by atoms with Gasteiger partial charge in [-0.05, 0) is 31.0 Å². The fraction of sp³-hybridized carbons (Fsp3) is 0.529. The highest BCUT2D eigenvalue weighted by molar-refractivity contribution is 7.89. The largest absolute Gasteiger partial charge is 0.465 e. The highest BCUT2D eigenvalue weighted by Crippen LogP contribution is 2.31. The van der Waals surface area contributed by atoms with Gasteiger partial charge in [-0.3, -0.25) is 4.79 Å². The smallest absolute Gasteiger partial charge is 0.337 e. The molecule has 1 amide bonds. The van der Waals surface area contributed by atoms with Crippen LogP contribution in [0.2, 0.25) is 5.02 Å². The number of ether oxygens (including phenoxy) is 2. The van der Waals surface area contributed by atoms with Crippen LogP contribution in [0.15, 0.2) is 23.1 Å². The molecule has 0 saturated carbocycles. The lowest BCUT2D eigenvalue weighted by atomic mass is 10.2. The maximum atomic E-state index is 13.1. The van der Waals surface area contributed by atoms with Crippen LogP contribution in [0.5, 0.6) is 0 Å². The van der Waals surface area contributed by atoms with E-state index in [1.165, 1.54) is 29.6 Å². The number of benzene rings is 1. The number of nitrogens with zero attached hydrogens (tertiary/aromatic N) is 2. The van der Waals surface area contributed by atoms with Crippen molar-refractivity contribution in [3.05, 3.63) is 28.8 Å². The number of carbonyl (C=O) groups is 2. The molecule has 0 radical (unpaired) electrons. The van der Waals surface area contributed by atoms with E-state index < -0.39 is 22.0 Å². The topological polar surface area (TPSA) is 93.2 Å². The summed E-state index contributed by atoms with van der Waals surface area (Å²) in [7, 11) is -2.75. The van der Waals surface area contributed by atoms with E-state index in [-0.39, 0.29) is 27.9 Å². The van der Waals surface area contributed by atoms with Crippen LogP contribution in [0.1, 0.15) is 23.2 Å². The van der Waals surface area contributed by atoms with Crippen molar-refractivity contribution in [2.45, 2.75) is 23.8 Å². The molecule has 148 valence electrons. The molecule has 2 fully saturated rings. The molecule has 0 bridgehead atoms. The van der Waals surface area contributed by atoms with Crippen molar-refractivity contribution >= 4 is 33.5 Å². The first-order valence-corrected chi connectivity index (χ1v) is 10.4. The Balaban J connectivity index is 1.87. The second kappa shape index (κ2) is 8.14. The third-order valence-electron chi connectivity index (χ3n) is 4.75. The van der Waals surface area contributed by atoms with Crippen LogP contribution < -0.4 is 0 Å². The van der Waals surface area contributed by atoms with E-state index in [0.29, 0.717) is 39.1 Å². The number of hydrogen-bond acceptors (Lipinski definition) is 6. The van der Waals surface area contributed by atoms with Crippen molar-refractivity contribution in [2.24, 2.45) is 0 Å². The summed E-state index contributed by atoms with van der Waals surface area (Å²) in [6, 6.07) is 3.14. The van der Waals surface area contributed by atoms with Crippen molar-refractivity contribution < 1.29 is 27.5 Å². The Bertz CT molecular complexity index is 838. The van der Waals surface area contributed by atoms with Gasteiger partial charge in [0, 0.05) is 19.6 Å². The fourth-order valence-electron chi connectivity index (χ4n) is 3.35. The molecule has 2 aliphatic rings. The summed E-state index contributed by atoms with van der Waals surface area (Å²) in [6.45, 7) is 2.06. The van der Waals surface area contributed by atoms with Gasteiger partial charge in [-0.15, -0.1) is 0 Å². The average Bonchev–Trinajstić information content (AvgIpc) is 3.18. The molecule has 8 nitrogen and oxygen atoms in total. The molecular weight excluding hydrogens is 396 g/mol. The van der Waals surface area contributed by atoms with E-state index in [2.05, 4.69) is 4.74 Å². The molecule has 0 spiro atoms. The van der Waals surface area contributed by atoms with Gasteiger partial charge in [-0.1, -0.05) is 11.6 Å². The summed E-state index contributed by atoms with van der Waals surface area (Å²) >= 11 is 6.14. The van der Waals surface area contributed by atoms with Crippen LogP contribution in [0.4, 0.5) is 0 Å². The van der Waals surface area contributed by atoms with E-state index in [4.69, 9.17) is 16.3 Å². The third kappa shape index (κ3) is 3.96. The molecular formula is C17H21ClN2O6S. The van der Waals surface area contributed by atoms with Crippen molar-refractivity contribution in [3.8, 4) is 0 Å². The summed E-state index contributed by atoms with van der Waals surface area (Å²) in [6.07, 6.45) is 1.06. The molecule has 3 rings (SSSR count). The molecule has 0 N–H and O–H groups in total. The summed E-state index contributed by atoms with van der Waals surface area (Å²) in [5.74, 6) is -0.816. The minimum atomic E-state index is -3.98. The number of carbonyl (C=O) groups excluding carboxylic acids is 2. The first-order chi connectivity index (χ1) is 12.9. The summed E-state index contributed by atoms with van der Waals surface area (Å²) < 4.78 is 37.3. The zero-order chi connectivity index (χ0) is 19.6. The molecule has 2 heterocycles. The zero-order valence-electron chi connectivity index (χ0n) is 14.9. The predicted molar refractivity (Wildman–Crippen MR) is 97.1 cm³/mol. The molecule has 1 atom stereocenters. The number of morpholine rings is 1. The number of halogens is 1. The third-order valence-corrected chi connectivity index (χ3v) is 7.14. The minimum absolute atomic E-state index is 0.0811. The van der Waals surface area contributed by atoms with Crippen LogP contribution in [0, 0.1) is 0 Å². The Morgan fingerprint density at radius 1 is 1.22 bits per heavy atom. The quantitative estimate of drug-likeness (QED) is 0.683. The summed E-state index contributed by atoms with van der Waals surface area (Å²) in [5, 5.41) is -0.0811. The van der Waals surface area contributed by atoms with E-state index in [1.807, 2.05) is 0 Å². The van der Waals surface area contributed by atoms with Gasteiger partial charge < -0.3 is 14.4 Å². The van der Waals surface area contributed by atoms with Gasteiger partial charge in [0.25, 0.3) is 0 Å². The number of esters is 1. The Hall–Kier alpha value is -1.68. The number of rotatable bonds is 4. The van der Waals surface area contributed by atoms with Crippen molar-refractivity contribution in [1.29, 1.82) is 0 Å². The Morgan fingerprint density at radius 3 is 2.56 bits per heavy atom. The molecule has 1 unspecified atom stereocenters. The molecule has 2 aliphatic heterocycles. The maximum Gasteiger partial charge on any atom is 0.337 e. The monoisotopic (exact) mass is 416 g/mol. The molecule has 10 heteroatoms. The Morgan fingerprint density at radius 2 is 1.93 bits per heavy atom. The van der Waals surface area contributed by atoms with Crippen LogP contribution in [0.25, 0.3) is 0 Å². The van der Waals surface area contributed by atoms with Gasteiger partial charge in [0.05, 0.1) is 30.9 Å². The highest BCUT2D eigenvalue weighted by atomic mass is 35.5. The predicted octanol–water partition coefficient (Wildman–Crippen LogP) is 1.14.